The van der Waals surface area contributed by atoms with Crippen molar-refractivity contribution in [2.45, 2.75) is 193 Å². The highest BCUT2D eigenvalue weighted by Gasteiger charge is 2.61. The monoisotopic (exact) mass is 1020 g/mol. The first-order valence-electron chi connectivity index (χ1n) is 22.1. The van der Waals surface area contributed by atoms with E-state index >= 15 is 0 Å². The summed E-state index contributed by atoms with van der Waals surface area (Å²) >= 11 is 0. The molecule has 5 rings (SSSR count). The van der Waals surface area contributed by atoms with Crippen molar-refractivity contribution in [2.24, 2.45) is 0 Å². The molecule has 0 aliphatic carbocycles. The lowest BCUT2D eigenvalue weighted by Gasteiger charge is -2.52. The smallest absolute Gasteiger partial charge is 0.364 e. The van der Waals surface area contributed by atoms with Gasteiger partial charge in [0, 0.05) is 27.2 Å². The molecule has 5 aliphatic heterocycles. The molecule has 5 saturated heterocycles. The lowest BCUT2D eigenvalue weighted by Crippen LogP contribution is -2.72. The first-order chi connectivity index (χ1) is 32.8. The molecule has 5 fully saturated rings. The molecular weight excluding hydrogens is 958 g/mol. The summed E-state index contributed by atoms with van der Waals surface area (Å²) in [6.07, 6.45) is -44.5. The quantitative estimate of drug-likeness (QED) is 0.0606. The summed E-state index contributed by atoms with van der Waals surface area (Å²) in [5.41, 5.74) is 0. The van der Waals surface area contributed by atoms with Crippen molar-refractivity contribution in [3.05, 3.63) is 0 Å². The van der Waals surface area contributed by atoms with Gasteiger partial charge in [-0.3, -0.25) is 14.4 Å². The van der Waals surface area contributed by atoms with Crippen LogP contribution in [0.5, 0.6) is 0 Å². The van der Waals surface area contributed by atoms with Gasteiger partial charge in [-0.05, 0) is 6.92 Å². The van der Waals surface area contributed by atoms with Crippen molar-refractivity contribution in [2.75, 3.05) is 26.4 Å². The van der Waals surface area contributed by atoms with Crippen molar-refractivity contribution >= 4 is 23.7 Å². The predicted octanol–water partition coefficient (Wildman–Crippen LogP) is -11.3. The molecule has 70 heavy (non-hydrogen) atoms. The van der Waals surface area contributed by atoms with Gasteiger partial charge >= 0.3 is 5.97 Å². The van der Waals surface area contributed by atoms with Gasteiger partial charge in [-0.25, -0.2) is 4.79 Å². The Morgan fingerprint density at radius 3 is 1.64 bits per heavy atom. The number of hydrogen-bond donors (Lipinski definition) is 18. The van der Waals surface area contributed by atoms with E-state index in [-0.39, 0.29) is 0 Å². The first-order valence-corrected chi connectivity index (χ1v) is 22.1. The second-order valence-corrected chi connectivity index (χ2v) is 17.6. The third-order valence-electron chi connectivity index (χ3n) is 12.5. The zero-order chi connectivity index (χ0) is 52.3. The van der Waals surface area contributed by atoms with Crippen LogP contribution in [0.1, 0.15) is 34.1 Å². The van der Waals surface area contributed by atoms with Crippen LogP contribution in [0.2, 0.25) is 0 Å². The molecule has 0 unspecified atom stereocenters. The van der Waals surface area contributed by atoms with Crippen molar-refractivity contribution in [3.8, 4) is 0 Å². The number of carboxylic acid groups (broad SMARTS) is 1. The average molecular weight is 1020 g/mol. The maximum atomic E-state index is 13.1. The molecule has 18 N–H and O–H groups in total. The number of hydrogen-bond acceptors (Lipinski definition) is 27. The van der Waals surface area contributed by atoms with Crippen LogP contribution in [-0.2, 0) is 61.8 Å². The topological polar surface area (TPSA) is 491 Å². The summed E-state index contributed by atoms with van der Waals surface area (Å²) in [7, 11) is 0. The van der Waals surface area contributed by atoms with E-state index in [2.05, 4.69) is 16.0 Å². The molecular formula is C39H65N3O28. The summed E-state index contributed by atoms with van der Waals surface area (Å²) in [6.45, 7) is 0.0147. The molecule has 0 bridgehead atoms. The van der Waals surface area contributed by atoms with Gasteiger partial charge in [-0.2, -0.15) is 0 Å². The number of rotatable bonds is 18. The van der Waals surface area contributed by atoms with E-state index in [9.17, 15) is 95.8 Å². The molecule has 31 nitrogen and oxygen atoms in total. The molecule has 0 aromatic rings. The molecule has 5 heterocycles. The molecule has 3 amide bonds. The molecule has 31 heteroatoms. The largest absolute Gasteiger partial charge is 0.477 e. The highest BCUT2D eigenvalue weighted by Crippen LogP contribution is 2.40. The van der Waals surface area contributed by atoms with Crippen LogP contribution < -0.4 is 16.0 Å². The van der Waals surface area contributed by atoms with Gasteiger partial charge in [0.25, 0.3) is 5.79 Å². The fraction of sp³-hybridized carbons (Fsp3) is 0.897. The zero-order valence-electron chi connectivity index (χ0n) is 38.0. The van der Waals surface area contributed by atoms with Crippen LogP contribution in [0, 0.1) is 0 Å². The second kappa shape index (κ2) is 24.3. The van der Waals surface area contributed by atoms with E-state index in [1.165, 1.54) is 6.92 Å². The lowest BCUT2D eigenvalue weighted by atomic mass is 9.88. The normalized spacial score (nSPS) is 45.5. The molecule has 0 aromatic carbocycles. The Hall–Kier alpha value is -3.04. The van der Waals surface area contributed by atoms with Gasteiger partial charge < -0.3 is 135 Å². The number of carbonyl (C=O) groups excluding carboxylic acids is 3. The van der Waals surface area contributed by atoms with Gasteiger partial charge in [0.05, 0.1) is 44.7 Å². The summed E-state index contributed by atoms with van der Waals surface area (Å²) in [4.78, 5) is 50.4. The van der Waals surface area contributed by atoms with Crippen LogP contribution in [0.3, 0.4) is 0 Å². The molecule has 0 spiro atoms. The highest BCUT2D eigenvalue weighted by molar-refractivity contribution is 5.77. The number of nitrogens with one attached hydrogen (secondary N) is 3. The Morgan fingerprint density at radius 1 is 0.586 bits per heavy atom. The first kappa shape index (κ1) is 57.9. The van der Waals surface area contributed by atoms with E-state index in [1.54, 1.807) is 0 Å². The molecule has 0 saturated carbocycles. The van der Waals surface area contributed by atoms with E-state index in [0.29, 0.717) is 0 Å². The fourth-order valence-electron chi connectivity index (χ4n) is 8.88. The van der Waals surface area contributed by atoms with Crippen molar-refractivity contribution in [1.29, 1.82) is 0 Å². The van der Waals surface area contributed by atoms with Crippen LogP contribution >= 0.6 is 0 Å². The van der Waals surface area contributed by atoms with Crippen LogP contribution in [0.4, 0.5) is 0 Å². The SMILES string of the molecule is CC(=O)N[C@@H]1[C@@H](O[C@@H]2O[C@H](CO)[C@@H](O[C@@H]3O[C@H](CO)[C@H](O)[C@H](O[C@]4(C(=O)O)C[C@H](O)[C@@H](NC(C)=O)[C@H]([C@H](O)[C@H](O)CO)O4)[C@H]3O)[C@H](O[C@@H]3O[C@@H](C)[C@@H](O)[C@@H](O)[C@@H]3O)[C@H]2NC(C)=O)[C@@H](O)[C@@H](CO)O[C@@H]1O. The van der Waals surface area contributed by atoms with Gasteiger partial charge in [-0.15, -0.1) is 0 Å². The van der Waals surface area contributed by atoms with E-state index in [4.69, 9.17) is 42.6 Å². The number of carboxylic acids is 1. The number of amides is 3. The Labute approximate surface area is 397 Å². The Bertz CT molecular complexity index is 1760. The van der Waals surface area contributed by atoms with Crippen molar-refractivity contribution < 1.29 is 138 Å². The van der Waals surface area contributed by atoms with Gasteiger partial charge in [-0.1, -0.05) is 0 Å². The third kappa shape index (κ3) is 12.5. The van der Waals surface area contributed by atoms with Gasteiger partial charge in [0.1, 0.15) is 110 Å². The number of aliphatic hydroxyl groups is 14. The third-order valence-corrected chi connectivity index (χ3v) is 12.5. The Balaban J connectivity index is 1.57. The minimum Gasteiger partial charge on any atom is -0.477 e. The van der Waals surface area contributed by atoms with Crippen LogP contribution in [-0.4, -0.2) is 286 Å². The number of aliphatic carboxylic acids is 1. The second-order valence-electron chi connectivity index (χ2n) is 17.6. The number of carbonyl (C=O) groups is 4. The average Bonchev–Trinajstić information content (AvgIpc) is 3.30. The van der Waals surface area contributed by atoms with Crippen LogP contribution in [0.25, 0.3) is 0 Å². The lowest BCUT2D eigenvalue weighted by molar-refractivity contribution is -0.394. The maximum Gasteiger partial charge on any atom is 0.364 e. The summed E-state index contributed by atoms with van der Waals surface area (Å²) in [5.74, 6) is -7.76. The van der Waals surface area contributed by atoms with E-state index in [1.807, 2.05) is 0 Å². The predicted molar refractivity (Wildman–Crippen MR) is 217 cm³/mol. The van der Waals surface area contributed by atoms with Gasteiger partial charge in [0.2, 0.25) is 17.7 Å². The summed E-state index contributed by atoms with van der Waals surface area (Å²) < 4.78 is 52.5. The number of aliphatic hydroxyl groups excluding tert-OH is 14. The molecule has 0 radical (unpaired) electrons. The zero-order valence-corrected chi connectivity index (χ0v) is 38.0. The standard InChI is InChI=1S/C39H65N3O28/c1-10-22(52)26(56)27(57)36(62-10)68-32-21(42-13(4)49)35(67-30-20(41-12(3)48)34(59)63-16(7-44)24(30)54)65-18(9-46)29(32)66-37-28(58)33(25(55)17(8-45)64-37)70-39(38(60)61)5-14(50)19(40-11(2)47)31(69-39)23(53)15(51)6-43/h10,14-37,43-46,50-59H,5-9H2,1-4H3,(H,40,47)(H,41,48)(H,42,49)(H,60,61)/t10-,14-,15+,16+,17+,18+,19+,20+,21+,22+,23+,24-,25-,26+,27-,28+,29+,30+,31+,32+,33-,34-,35-,36-,37-,39-/m0/s1. The van der Waals surface area contributed by atoms with Crippen molar-refractivity contribution in [3.63, 3.8) is 0 Å². The fourth-order valence-corrected chi connectivity index (χ4v) is 8.88. The van der Waals surface area contributed by atoms with Crippen LogP contribution in [0.15, 0.2) is 0 Å². The van der Waals surface area contributed by atoms with E-state index in [0.717, 1.165) is 20.8 Å². The maximum absolute atomic E-state index is 13.1. The molecule has 0 aromatic heterocycles. The minimum absolute atomic E-state index is 0.771. The summed E-state index contributed by atoms with van der Waals surface area (Å²) in [5, 5.41) is 168. The Morgan fingerprint density at radius 2 is 1.09 bits per heavy atom. The minimum atomic E-state index is -3.21. The highest BCUT2D eigenvalue weighted by atomic mass is 16.8. The molecule has 26 atom stereocenters. The number of ether oxygens (including phenoxy) is 9. The van der Waals surface area contributed by atoms with E-state index < -0.39 is 215 Å². The van der Waals surface area contributed by atoms with Gasteiger partial charge in [0.15, 0.2) is 25.2 Å². The molecule has 5 aliphatic rings. The Kier molecular flexibility index (Phi) is 20.1. The molecule has 404 valence electrons. The summed E-state index contributed by atoms with van der Waals surface area (Å²) in [6, 6.07) is -5.11. The van der Waals surface area contributed by atoms with Crippen molar-refractivity contribution in [1.82, 2.24) is 16.0 Å².